The molecule has 4 rings (SSSR count). The van der Waals surface area contributed by atoms with E-state index in [1.165, 1.54) is 12.1 Å². The highest BCUT2D eigenvalue weighted by atomic mass is 32.1. The zero-order chi connectivity index (χ0) is 21.8. The lowest BCUT2D eigenvalue weighted by molar-refractivity contribution is -0.139. The van der Waals surface area contributed by atoms with Crippen LogP contribution in [0, 0.1) is 11.2 Å². The first kappa shape index (κ1) is 21.2. The number of likely N-dealkylation sites (tertiary alicyclic amines) is 1. The fourth-order valence-electron chi connectivity index (χ4n) is 4.42. The van der Waals surface area contributed by atoms with Crippen LogP contribution in [-0.2, 0) is 22.4 Å². The van der Waals surface area contributed by atoms with E-state index >= 15 is 0 Å². The minimum absolute atomic E-state index is 0.109. The van der Waals surface area contributed by atoms with Crippen LogP contribution in [0.4, 0.5) is 4.39 Å². The van der Waals surface area contributed by atoms with Gasteiger partial charge in [-0.2, -0.15) is 0 Å². The van der Waals surface area contributed by atoms with Gasteiger partial charge in [0, 0.05) is 18.0 Å². The van der Waals surface area contributed by atoms with Crippen molar-refractivity contribution < 1.29 is 14.0 Å². The number of thiophene rings is 1. The standard InChI is InChI=1S/C25H25FN2O2S/c26-20-8-3-6-18(14-20)15-23(29)28-12-5-11-25(17-28,24(27)30)16-19-7-1-2-9-21(19)22-10-4-13-31-22/h1-4,6-10,13-14H,5,11-12,15-17H2,(H2,27,30)/t25-/m0/s1. The van der Waals surface area contributed by atoms with E-state index in [2.05, 4.69) is 12.1 Å². The second kappa shape index (κ2) is 9.02. The third-order valence-corrected chi connectivity index (χ3v) is 6.93. The highest BCUT2D eigenvalue weighted by Gasteiger charge is 2.42. The highest BCUT2D eigenvalue weighted by molar-refractivity contribution is 7.13. The van der Waals surface area contributed by atoms with E-state index in [4.69, 9.17) is 5.73 Å². The zero-order valence-corrected chi connectivity index (χ0v) is 18.0. The molecule has 1 atom stereocenters. The van der Waals surface area contributed by atoms with Gasteiger partial charge in [-0.15, -0.1) is 11.3 Å². The number of carbonyl (C=O) groups excluding carboxylic acids is 2. The van der Waals surface area contributed by atoms with E-state index in [9.17, 15) is 14.0 Å². The lowest BCUT2D eigenvalue weighted by atomic mass is 9.73. The molecule has 2 N–H and O–H groups in total. The largest absolute Gasteiger partial charge is 0.369 e. The average Bonchev–Trinajstić information content (AvgIpc) is 3.29. The van der Waals surface area contributed by atoms with Crippen LogP contribution in [0.5, 0.6) is 0 Å². The van der Waals surface area contributed by atoms with Gasteiger partial charge >= 0.3 is 0 Å². The number of carbonyl (C=O) groups is 2. The molecule has 0 saturated carbocycles. The summed E-state index contributed by atoms with van der Waals surface area (Å²) < 4.78 is 13.5. The predicted molar refractivity (Wildman–Crippen MR) is 121 cm³/mol. The Labute approximate surface area is 185 Å². The van der Waals surface area contributed by atoms with Gasteiger partial charge < -0.3 is 10.6 Å². The van der Waals surface area contributed by atoms with Gasteiger partial charge in [0.1, 0.15) is 5.82 Å². The number of benzene rings is 2. The maximum absolute atomic E-state index is 13.5. The van der Waals surface area contributed by atoms with Crippen molar-refractivity contribution in [3.8, 4) is 10.4 Å². The van der Waals surface area contributed by atoms with Gasteiger partial charge in [0.2, 0.25) is 11.8 Å². The molecule has 4 nitrogen and oxygen atoms in total. The second-order valence-electron chi connectivity index (χ2n) is 8.18. The maximum atomic E-state index is 13.5. The van der Waals surface area contributed by atoms with Crippen molar-refractivity contribution in [2.75, 3.05) is 13.1 Å². The number of nitrogens with zero attached hydrogens (tertiary/aromatic N) is 1. The summed E-state index contributed by atoms with van der Waals surface area (Å²) in [5, 5.41) is 2.03. The van der Waals surface area contributed by atoms with Crippen LogP contribution in [0.3, 0.4) is 0 Å². The molecule has 2 heterocycles. The summed E-state index contributed by atoms with van der Waals surface area (Å²) in [6.45, 7) is 0.866. The molecule has 3 aromatic rings. The van der Waals surface area contributed by atoms with Crippen molar-refractivity contribution in [3.63, 3.8) is 0 Å². The van der Waals surface area contributed by atoms with Crippen molar-refractivity contribution in [2.45, 2.75) is 25.7 Å². The first-order chi connectivity index (χ1) is 15.0. The Morgan fingerprint density at radius 2 is 1.94 bits per heavy atom. The number of piperidine rings is 1. The molecule has 0 aliphatic carbocycles. The number of amides is 2. The highest BCUT2D eigenvalue weighted by Crippen LogP contribution is 2.37. The summed E-state index contributed by atoms with van der Waals surface area (Å²) in [6, 6.07) is 18.2. The van der Waals surface area contributed by atoms with E-state index in [-0.39, 0.29) is 30.6 Å². The molecule has 1 aromatic heterocycles. The lowest BCUT2D eigenvalue weighted by Gasteiger charge is -2.41. The van der Waals surface area contributed by atoms with Gasteiger partial charge in [-0.1, -0.05) is 42.5 Å². The predicted octanol–water partition coefficient (Wildman–Crippen LogP) is 4.43. The number of rotatable bonds is 6. The van der Waals surface area contributed by atoms with E-state index in [1.54, 1.807) is 28.4 Å². The van der Waals surface area contributed by atoms with E-state index in [0.717, 1.165) is 16.0 Å². The molecule has 160 valence electrons. The Hall–Kier alpha value is -2.99. The number of primary amides is 1. The zero-order valence-electron chi connectivity index (χ0n) is 17.2. The fourth-order valence-corrected chi connectivity index (χ4v) is 5.21. The van der Waals surface area contributed by atoms with Crippen molar-refractivity contribution >= 4 is 23.2 Å². The molecule has 2 aromatic carbocycles. The van der Waals surface area contributed by atoms with Gasteiger partial charge in [-0.25, -0.2) is 4.39 Å². The molecule has 1 saturated heterocycles. The summed E-state index contributed by atoms with van der Waals surface area (Å²) >= 11 is 1.66. The van der Waals surface area contributed by atoms with Crippen LogP contribution in [0.2, 0.25) is 0 Å². The van der Waals surface area contributed by atoms with Crippen LogP contribution in [0.15, 0.2) is 66.0 Å². The second-order valence-corrected chi connectivity index (χ2v) is 9.13. The molecule has 6 heteroatoms. The third-order valence-electron chi connectivity index (χ3n) is 6.03. The van der Waals surface area contributed by atoms with Crippen molar-refractivity contribution in [1.29, 1.82) is 0 Å². The van der Waals surface area contributed by atoms with Crippen LogP contribution in [0.1, 0.15) is 24.0 Å². The monoisotopic (exact) mass is 436 g/mol. The Kier molecular flexibility index (Phi) is 6.18. The Morgan fingerprint density at radius 1 is 1.10 bits per heavy atom. The molecular weight excluding hydrogens is 411 g/mol. The van der Waals surface area contributed by atoms with Gasteiger partial charge in [0.05, 0.1) is 11.8 Å². The van der Waals surface area contributed by atoms with E-state index in [1.807, 2.05) is 29.6 Å². The molecule has 0 bridgehead atoms. The molecule has 0 radical (unpaired) electrons. The molecule has 0 spiro atoms. The molecule has 1 fully saturated rings. The smallest absolute Gasteiger partial charge is 0.227 e. The number of hydrogen-bond acceptors (Lipinski definition) is 3. The molecule has 31 heavy (non-hydrogen) atoms. The number of nitrogens with two attached hydrogens (primary N) is 1. The van der Waals surface area contributed by atoms with Gasteiger partial charge in [0.25, 0.3) is 0 Å². The van der Waals surface area contributed by atoms with Gasteiger partial charge in [-0.05, 0) is 59.5 Å². The third kappa shape index (κ3) is 4.69. The van der Waals surface area contributed by atoms with Crippen LogP contribution < -0.4 is 5.73 Å². The normalized spacial score (nSPS) is 18.7. The van der Waals surface area contributed by atoms with Gasteiger partial charge in [0.15, 0.2) is 0 Å². The van der Waals surface area contributed by atoms with Gasteiger partial charge in [-0.3, -0.25) is 9.59 Å². The quantitative estimate of drug-likeness (QED) is 0.621. The summed E-state index contributed by atoms with van der Waals surface area (Å²) in [6.07, 6.45) is 1.95. The average molecular weight is 437 g/mol. The molecule has 2 amide bonds. The lowest BCUT2D eigenvalue weighted by Crippen LogP contribution is -2.53. The van der Waals surface area contributed by atoms with Crippen molar-refractivity contribution in [1.82, 2.24) is 4.90 Å². The fraction of sp³-hybridized carbons (Fsp3) is 0.280. The van der Waals surface area contributed by atoms with Crippen molar-refractivity contribution in [3.05, 3.63) is 83.0 Å². The van der Waals surface area contributed by atoms with E-state index < -0.39 is 5.41 Å². The Bertz CT molecular complexity index is 1080. The first-order valence-corrected chi connectivity index (χ1v) is 11.3. The maximum Gasteiger partial charge on any atom is 0.227 e. The molecular formula is C25H25FN2O2S. The summed E-state index contributed by atoms with van der Waals surface area (Å²) in [7, 11) is 0. The number of halogens is 1. The summed E-state index contributed by atoms with van der Waals surface area (Å²) in [5.41, 5.74) is 7.90. The Morgan fingerprint density at radius 3 is 2.68 bits per heavy atom. The summed E-state index contributed by atoms with van der Waals surface area (Å²) in [4.78, 5) is 28.5. The van der Waals surface area contributed by atoms with Crippen molar-refractivity contribution in [2.24, 2.45) is 11.1 Å². The topological polar surface area (TPSA) is 63.4 Å². The molecule has 0 unspecified atom stereocenters. The first-order valence-electron chi connectivity index (χ1n) is 10.4. The van der Waals surface area contributed by atoms with Crippen LogP contribution in [-0.4, -0.2) is 29.8 Å². The van der Waals surface area contributed by atoms with E-state index in [0.29, 0.717) is 31.4 Å². The SMILES string of the molecule is NC(=O)[C@]1(Cc2ccccc2-c2cccs2)CCCN(C(=O)Cc2cccc(F)c2)C1. The summed E-state index contributed by atoms with van der Waals surface area (Å²) in [5.74, 6) is -0.847. The number of hydrogen-bond donors (Lipinski definition) is 1. The molecule has 1 aliphatic heterocycles. The Balaban J connectivity index is 1.57. The van der Waals surface area contributed by atoms with Crippen LogP contribution in [0.25, 0.3) is 10.4 Å². The minimum atomic E-state index is -0.816. The molecule has 1 aliphatic rings. The van der Waals surface area contributed by atoms with Crippen LogP contribution >= 0.6 is 11.3 Å². The minimum Gasteiger partial charge on any atom is -0.369 e.